The van der Waals surface area contributed by atoms with Crippen molar-refractivity contribution in [1.29, 1.82) is 0 Å². The first-order chi connectivity index (χ1) is 19.3. The Kier molecular flexibility index (Phi) is 10.4. The number of carbonyl (C=O) groups is 3. The van der Waals surface area contributed by atoms with Gasteiger partial charge >= 0.3 is 12.1 Å². The van der Waals surface area contributed by atoms with Gasteiger partial charge in [0, 0.05) is 30.8 Å². The number of amides is 2. The van der Waals surface area contributed by atoms with Crippen LogP contribution in [0.2, 0.25) is 18.1 Å². The molecule has 0 saturated heterocycles. The van der Waals surface area contributed by atoms with Gasteiger partial charge in [-0.2, -0.15) is 0 Å². The SMILES string of the molecule is CCCn1cc(CNC(=O)c2ccc(NC(=O)OCc3ccc(O[Si](C)(C)C(C)(C)C)cc3)c(COC(C)=O)c2)[nH]1. The van der Waals surface area contributed by atoms with Gasteiger partial charge in [0.15, 0.2) is 0 Å². The largest absolute Gasteiger partial charge is 0.544 e. The first kappa shape index (κ1) is 31.5. The Morgan fingerprint density at radius 3 is 2.29 bits per heavy atom. The van der Waals surface area contributed by atoms with Crippen molar-refractivity contribution in [2.75, 3.05) is 5.32 Å². The van der Waals surface area contributed by atoms with Gasteiger partial charge in [0.1, 0.15) is 19.0 Å². The number of nitrogens with zero attached hydrogens (tertiary/aromatic N) is 1. The Bertz CT molecular complexity index is 1330. The molecule has 0 aliphatic rings. The lowest BCUT2D eigenvalue weighted by molar-refractivity contribution is -0.142. The van der Waals surface area contributed by atoms with Gasteiger partial charge in [0.2, 0.25) is 8.32 Å². The number of nitrogens with one attached hydrogen (secondary N) is 3. The van der Waals surface area contributed by atoms with Crippen LogP contribution in [0.3, 0.4) is 0 Å². The van der Waals surface area contributed by atoms with Crippen molar-refractivity contribution in [2.24, 2.45) is 0 Å². The fourth-order valence-corrected chi connectivity index (χ4v) is 4.68. The van der Waals surface area contributed by atoms with Gasteiger partial charge in [0.25, 0.3) is 5.91 Å². The number of ether oxygens (including phenoxy) is 2. The van der Waals surface area contributed by atoms with Crippen LogP contribution in [0.5, 0.6) is 5.75 Å². The zero-order valence-corrected chi connectivity index (χ0v) is 26.1. The Labute approximate surface area is 242 Å². The van der Waals surface area contributed by atoms with Crippen LogP contribution in [0.4, 0.5) is 10.5 Å². The molecule has 3 rings (SSSR count). The molecule has 1 heterocycles. The summed E-state index contributed by atoms with van der Waals surface area (Å²) >= 11 is 0. The number of aryl methyl sites for hydroxylation is 1. The second kappa shape index (κ2) is 13.6. The van der Waals surface area contributed by atoms with Gasteiger partial charge in [-0.15, -0.1) is 0 Å². The van der Waals surface area contributed by atoms with E-state index in [9.17, 15) is 14.4 Å². The Hall–Kier alpha value is -3.99. The molecular formula is C30H42N4O6Si. The summed E-state index contributed by atoms with van der Waals surface area (Å²) in [6.45, 7) is 15.5. The molecule has 0 radical (unpaired) electrons. The van der Waals surface area contributed by atoms with Crippen molar-refractivity contribution >= 4 is 32.0 Å². The third kappa shape index (κ3) is 9.27. The van der Waals surface area contributed by atoms with Crippen LogP contribution < -0.4 is 15.1 Å². The monoisotopic (exact) mass is 582 g/mol. The standard InChI is InChI=1S/C30H42N4O6Si/c1-8-15-34-18-25(33-34)17-31-28(36)23-11-14-27(24(16-23)20-38-21(2)35)32-29(37)39-19-22-9-12-26(13-10-22)40-41(6,7)30(3,4)5/h9-14,16,18,33H,8,15,17,19-20H2,1-7H3,(H,31,36)(H,32,37). The molecule has 0 bridgehead atoms. The summed E-state index contributed by atoms with van der Waals surface area (Å²) in [5, 5.41) is 8.79. The zero-order chi connectivity index (χ0) is 30.2. The van der Waals surface area contributed by atoms with Crippen LogP contribution in [0.25, 0.3) is 0 Å². The fourth-order valence-electron chi connectivity index (χ4n) is 3.64. The smallest absolute Gasteiger partial charge is 0.411 e. The van der Waals surface area contributed by atoms with Crippen molar-refractivity contribution in [1.82, 2.24) is 15.1 Å². The van der Waals surface area contributed by atoms with Crippen LogP contribution in [-0.2, 0) is 40.6 Å². The van der Waals surface area contributed by atoms with Crippen molar-refractivity contribution < 1.29 is 28.3 Å². The number of hydrogen-bond acceptors (Lipinski definition) is 6. The van der Waals surface area contributed by atoms with Crippen molar-refractivity contribution in [3.8, 4) is 5.75 Å². The lowest BCUT2D eigenvalue weighted by Crippen LogP contribution is -2.43. The molecule has 3 aromatic rings. The maximum Gasteiger partial charge on any atom is 0.411 e. The minimum Gasteiger partial charge on any atom is -0.544 e. The number of anilines is 1. The summed E-state index contributed by atoms with van der Waals surface area (Å²) in [5.74, 6) is 0.0259. The second-order valence-corrected chi connectivity index (χ2v) is 16.2. The Balaban J connectivity index is 1.59. The van der Waals surface area contributed by atoms with E-state index in [1.165, 1.54) is 6.92 Å². The predicted octanol–water partition coefficient (Wildman–Crippen LogP) is 6.35. The number of esters is 1. The fraction of sp³-hybridized carbons (Fsp3) is 0.433. The molecule has 0 aliphatic heterocycles. The maximum absolute atomic E-state index is 12.7. The molecule has 0 unspecified atom stereocenters. The highest BCUT2D eigenvalue weighted by Crippen LogP contribution is 2.37. The molecule has 2 amide bonds. The van der Waals surface area contributed by atoms with E-state index in [0.717, 1.165) is 30.0 Å². The second-order valence-electron chi connectivity index (χ2n) is 11.5. The number of hydrogen-bond donors (Lipinski definition) is 3. The number of aromatic amines is 1. The molecule has 0 aliphatic carbocycles. The number of benzene rings is 2. The lowest BCUT2D eigenvalue weighted by Gasteiger charge is -2.36. The molecule has 11 heteroatoms. The summed E-state index contributed by atoms with van der Waals surface area (Å²) in [6, 6.07) is 12.3. The van der Waals surface area contributed by atoms with E-state index in [1.807, 2.05) is 35.1 Å². The normalized spacial score (nSPS) is 11.6. The summed E-state index contributed by atoms with van der Waals surface area (Å²) in [5.41, 5.74) is 2.93. The third-order valence-electron chi connectivity index (χ3n) is 7.01. The number of aromatic nitrogens is 2. The summed E-state index contributed by atoms with van der Waals surface area (Å²) in [6.07, 6.45) is 2.29. The van der Waals surface area contributed by atoms with E-state index in [4.69, 9.17) is 13.9 Å². The molecule has 0 spiro atoms. The number of carbonyl (C=O) groups excluding carboxylic acids is 3. The average Bonchev–Trinajstić information content (AvgIpc) is 2.87. The molecular weight excluding hydrogens is 540 g/mol. The molecule has 0 saturated carbocycles. The highest BCUT2D eigenvalue weighted by molar-refractivity contribution is 6.74. The predicted molar refractivity (Wildman–Crippen MR) is 160 cm³/mol. The molecule has 0 atom stereocenters. The van der Waals surface area contributed by atoms with Crippen molar-refractivity contribution in [2.45, 2.75) is 85.5 Å². The highest BCUT2D eigenvalue weighted by Gasteiger charge is 2.38. The Morgan fingerprint density at radius 1 is 1.00 bits per heavy atom. The van der Waals surface area contributed by atoms with Crippen LogP contribution in [0.15, 0.2) is 48.7 Å². The van der Waals surface area contributed by atoms with Crippen molar-refractivity contribution in [3.63, 3.8) is 0 Å². The van der Waals surface area contributed by atoms with Crippen LogP contribution in [0.1, 0.15) is 68.2 Å². The summed E-state index contributed by atoms with van der Waals surface area (Å²) < 4.78 is 18.8. The van der Waals surface area contributed by atoms with E-state index in [2.05, 4.69) is 56.5 Å². The van der Waals surface area contributed by atoms with Gasteiger partial charge < -0.3 is 19.2 Å². The van der Waals surface area contributed by atoms with Gasteiger partial charge in [-0.1, -0.05) is 39.8 Å². The minimum atomic E-state index is -1.95. The van der Waals surface area contributed by atoms with E-state index >= 15 is 0 Å². The van der Waals surface area contributed by atoms with Gasteiger partial charge in [0.05, 0.1) is 17.9 Å². The van der Waals surface area contributed by atoms with Gasteiger partial charge in [-0.05, 0) is 60.4 Å². The molecule has 0 fully saturated rings. The molecule has 1 aromatic heterocycles. The maximum atomic E-state index is 12.7. The summed E-state index contributed by atoms with van der Waals surface area (Å²) in [4.78, 5) is 36.7. The minimum absolute atomic E-state index is 0.0611. The first-order valence-electron chi connectivity index (χ1n) is 13.8. The third-order valence-corrected chi connectivity index (χ3v) is 11.4. The lowest BCUT2D eigenvalue weighted by atomic mass is 10.1. The zero-order valence-electron chi connectivity index (χ0n) is 25.1. The molecule has 41 heavy (non-hydrogen) atoms. The molecule has 222 valence electrons. The van der Waals surface area contributed by atoms with E-state index in [1.54, 1.807) is 18.2 Å². The van der Waals surface area contributed by atoms with Gasteiger partial charge in [-0.3, -0.25) is 24.7 Å². The van der Waals surface area contributed by atoms with E-state index < -0.39 is 20.4 Å². The first-order valence-corrected chi connectivity index (χ1v) is 16.7. The molecule has 2 aromatic carbocycles. The topological polar surface area (TPSA) is 124 Å². The summed E-state index contributed by atoms with van der Waals surface area (Å²) in [7, 11) is -1.95. The average molecular weight is 583 g/mol. The molecule has 3 N–H and O–H groups in total. The quantitative estimate of drug-likeness (QED) is 0.169. The highest BCUT2D eigenvalue weighted by atomic mass is 28.4. The van der Waals surface area contributed by atoms with E-state index in [-0.39, 0.29) is 24.2 Å². The van der Waals surface area contributed by atoms with Gasteiger partial charge in [-0.25, -0.2) is 4.79 Å². The van der Waals surface area contributed by atoms with Crippen molar-refractivity contribution in [3.05, 3.63) is 71.0 Å². The van der Waals surface area contributed by atoms with Crippen LogP contribution in [0, 0.1) is 0 Å². The van der Waals surface area contributed by atoms with E-state index in [0.29, 0.717) is 23.4 Å². The van der Waals surface area contributed by atoms with Crippen LogP contribution >= 0.6 is 0 Å². The Morgan fingerprint density at radius 2 is 1.68 bits per heavy atom. The molecule has 10 nitrogen and oxygen atoms in total. The number of H-pyrrole nitrogens is 1. The number of rotatable bonds is 12. The van der Waals surface area contributed by atoms with Crippen LogP contribution in [-0.4, -0.2) is 36.1 Å².